The third-order valence-corrected chi connectivity index (χ3v) is 3.56. The second-order valence-corrected chi connectivity index (χ2v) is 5.01. The number of benzene rings is 1. The van der Waals surface area contributed by atoms with Crippen molar-refractivity contribution in [3.05, 3.63) is 29.3 Å². The highest BCUT2D eigenvalue weighted by molar-refractivity contribution is 7.13. The molecule has 21 heavy (non-hydrogen) atoms. The van der Waals surface area contributed by atoms with Gasteiger partial charge >= 0.3 is 6.61 Å². The van der Waals surface area contributed by atoms with Gasteiger partial charge in [0, 0.05) is 17.5 Å². The van der Waals surface area contributed by atoms with Crippen LogP contribution in [0.4, 0.5) is 8.78 Å². The van der Waals surface area contributed by atoms with Crippen LogP contribution in [0, 0.1) is 0 Å². The Bertz CT molecular complexity index is 590. The van der Waals surface area contributed by atoms with Crippen LogP contribution in [0.15, 0.2) is 23.6 Å². The van der Waals surface area contributed by atoms with Crippen LogP contribution in [0.2, 0.25) is 0 Å². The molecule has 0 unspecified atom stereocenters. The molecule has 2 aromatic rings. The Balaban J connectivity index is 2.29. The average molecular weight is 314 g/mol. The summed E-state index contributed by atoms with van der Waals surface area (Å²) in [6.07, 6.45) is 0. The first kappa shape index (κ1) is 15.7. The van der Waals surface area contributed by atoms with Gasteiger partial charge in [0.05, 0.1) is 12.3 Å². The highest BCUT2D eigenvalue weighted by Crippen LogP contribution is 2.34. The molecule has 0 aliphatic carbocycles. The normalized spacial score (nSPS) is 10.9. The van der Waals surface area contributed by atoms with Crippen molar-refractivity contribution < 1.29 is 18.3 Å². The maximum absolute atomic E-state index is 12.4. The van der Waals surface area contributed by atoms with Crippen LogP contribution in [0.25, 0.3) is 10.6 Å². The monoisotopic (exact) mass is 314 g/mol. The molecule has 0 bridgehead atoms. The van der Waals surface area contributed by atoms with Crippen LogP contribution in [0.3, 0.4) is 0 Å². The van der Waals surface area contributed by atoms with Gasteiger partial charge in [-0.25, -0.2) is 4.98 Å². The lowest BCUT2D eigenvalue weighted by Crippen LogP contribution is -2.05. The van der Waals surface area contributed by atoms with E-state index in [2.05, 4.69) is 15.0 Å². The molecule has 0 aliphatic rings. The van der Waals surface area contributed by atoms with Gasteiger partial charge in [0.25, 0.3) is 0 Å². The summed E-state index contributed by atoms with van der Waals surface area (Å²) >= 11 is 1.49. The number of halogens is 2. The summed E-state index contributed by atoms with van der Waals surface area (Å²) in [4.78, 5) is 4.47. The van der Waals surface area contributed by atoms with Gasteiger partial charge in [-0.15, -0.1) is 11.3 Å². The number of thiazole rings is 1. The van der Waals surface area contributed by atoms with Crippen molar-refractivity contribution in [3.8, 4) is 22.1 Å². The van der Waals surface area contributed by atoms with Crippen LogP contribution >= 0.6 is 11.3 Å². The van der Waals surface area contributed by atoms with Crippen molar-refractivity contribution >= 4 is 11.3 Å². The summed E-state index contributed by atoms with van der Waals surface area (Å²) in [5.41, 5.74) is 1.75. The Hall–Kier alpha value is -1.73. The predicted octanol–water partition coefficient (Wildman–Crippen LogP) is 3.53. The van der Waals surface area contributed by atoms with E-state index in [0.717, 1.165) is 16.3 Å². The van der Waals surface area contributed by atoms with E-state index in [1.165, 1.54) is 17.4 Å². The number of ether oxygens (including phenoxy) is 2. The van der Waals surface area contributed by atoms with Gasteiger partial charge in [0.1, 0.15) is 5.01 Å². The Kier molecular flexibility index (Phi) is 5.46. The highest BCUT2D eigenvalue weighted by Gasteiger charge is 2.13. The molecule has 114 valence electrons. The van der Waals surface area contributed by atoms with E-state index in [0.29, 0.717) is 18.9 Å². The van der Waals surface area contributed by atoms with Crippen LogP contribution in [-0.2, 0) is 6.54 Å². The molecule has 0 atom stereocenters. The Morgan fingerprint density at radius 1 is 1.33 bits per heavy atom. The molecule has 0 amide bonds. The van der Waals surface area contributed by atoms with Crippen LogP contribution in [0.5, 0.6) is 11.5 Å². The van der Waals surface area contributed by atoms with E-state index in [9.17, 15) is 8.78 Å². The minimum Gasteiger partial charge on any atom is -0.490 e. The molecular formula is C14H16F2N2O2S. The average Bonchev–Trinajstić information content (AvgIpc) is 2.89. The largest absolute Gasteiger partial charge is 0.490 e. The molecule has 1 heterocycles. The van der Waals surface area contributed by atoms with Crippen molar-refractivity contribution in [1.29, 1.82) is 0 Å². The molecule has 2 rings (SSSR count). The Labute approximate surface area is 125 Å². The molecule has 1 N–H and O–H groups in total. The smallest absolute Gasteiger partial charge is 0.387 e. The Morgan fingerprint density at radius 3 is 2.81 bits per heavy atom. The number of nitrogens with zero attached hydrogens (tertiary/aromatic N) is 1. The third kappa shape index (κ3) is 4.12. The minimum absolute atomic E-state index is 0.0302. The zero-order valence-electron chi connectivity index (χ0n) is 11.7. The van der Waals surface area contributed by atoms with Gasteiger partial charge in [0.2, 0.25) is 0 Å². The number of alkyl halides is 2. The summed E-state index contributed by atoms with van der Waals surface area (Å²) in [7, 11) is 1.85. The lowest BCUT2D eigenvalue weighted by atomic mass is 10.2. The van der Waals surface area contributed by atoms with Crippen molar-refractivity contribution in [2.75, 3.05) is 13.7 Å². The zero-order valence-corrected chi connectivity index (χ0v) is 12.5. The fourth-order valence-corrected chi connectivity index (χ4v) is 2.62. The van der Waals surface area contributed by atoms with E-state index in [4.69, 9.17) is 4.74 Å². The second kappa shape index (κ2) is 7.33. The molecule has 1 aromatic heterocycles. The van der Waals surface area contributed by atoms with Crippen molar-refractivity contribution in [2.45, 2.75) is 20.1 Å². The van der Waals surface area contributed by atoms with Gasteiger partial charge in [-0.05, 0) is 32.2 Å². The fraction of sp³-hybridized carbons (Fsp3) is 0.357. The molecule has 0 saturated heterocycles. The lowest BCUT2D eigenvalue weighted by Gasteiger charge is -2.12. The summed E-state index contributed by atoms with van der Waals surface area (Å²) in [6, 6.07) is 4.84. The quantitative estimate of drug-likeness (QED) is 0.849. The first-order chi connectivity index (χ1) is 10.1. The molecule has 0 fully saturated rings. The Morgan fingerprint density at radius 2 is 2.14 bits per heavy atom. The first-order valence-corrected chi connectivity index (χ1v) is 7.33. The van der Waals surface area contributed by atoms with E-state index >= 15 is 0 Å². The van der Waals surface area contributed by atoms with Gasteiger partial charge in [-0.1, -0.05) is 0 Å². The minimum atomic E-state index is -2.88. The number of hydrogen-bond acceptors (Lipinski definition) is 5. The summed E-state index contributed by atoms with van der Waals surface area (Å²) in [5, 5.41) is 5.79. The van der Waals surface area contributed by atoms with Crippen LogP contribution in [0.1, 0.15) is 12.6 Å². The number of nitrogens with one attached hydrogen (secondary N) is 1. The number of rotatable bonds is 7. The van der Waals surface area contributed by atoms with Crippen molar-refractivity contribution in [1.82, 2.24) is 10.3 Å². The SMILES string of the molecule is CCOc1cc(-c2nc(CNC)cs2)ccc1OC(F)F. The predicted molar refractivity (Wildman–Crippen MR) is 78.1 cm³/mol. The van der Waals surface area contributed by atoms with Gasteiger partial charge in [-0.2, -0.15) is 8.78 Å². The molecule has 0 saturated carbocycles. The molecule has 0 radical (unpaired) electrons. The van der Waals surface area contributed by atoms with Gasteiger partial charge in [-0.3, -0.25) is 0 Å². The van der Waals surface area contributed by atoms with E-state index in [-0.39, 0.29) is 5.75 Å². The first-order valence-electron chi connectivity index (χ1n) is 6.45. The second-order valence-electron chi connectivity index (χ2n) is 4.15. The maximum Gasteiger partial charge on any atom is 0.387 e. The van der Waals surface area contributed by atoms with Crippen molar-refractivity contribution in [2.24, 2.45) is 0 Å². The number of hydrogen-bond donors (Lipinski definition) is 1. The zero-order chi connectivity index (χ0) is 15.2. The molecule has 0 aliphatic heterocycles. The van der Waals surface area contributed by atoms with Crippen LogP contribution < -0.4 is 14.8 Å². The van der Waals surface area contributed by atoms with E-state index in [1.807, 2.05) is 12.4 Å². The fourth-order valence-electron chi connectivity index (χ4n) is 1.80. The lowest BCUT2D eigenvalue weighted by molar-refractivity contribution is -0.0514. The van der Waals surface area contributed by atoms with E-state index < -0.39 is 6.61 Å². The van der Waals surface area contributed by atoms with Gasteiger partial charge < -0.3 is 14.8 Å². The highest BCUT2D eigenvalue weighted by atomic mass is 32.1. The summed E-state index contributed by atoms with van der Waals surface area (Å²) in [6.45, 7) is -0.0437. The maximum atomic E-state index is 12.4. The van der Waals surface area contributed by atoms with E-state index in [1.54, 1.807) is 19.1 Å². The number of aromatic nitrogens is 1. The molecular weight excluding hydrogens is 298 g/mol. The van der Waals surface area contributed by atoms with Crippen molar-refractivity contribution in [3.63, 3.8) is 0 Å². The van der Waals surface area contributed by atoms with Crippen LogP contribution in [-0.4, -0.2) is 25.3 Å². The standard InChI is InChI=1S/C14H16F2N2O2S/c1-3-19-12-6-9(4-5-11(12)20-14(15)16)13-18-10(7-17-2)8-21-13/h4-6,8,14,17H,3,7H2,1-2H3. The summed E-state index contributed by atoms with van der Waals surface area (Å²) < 4.78 is 34.5. The molecule has 4 nitrogen and oxygen atoms in total. The molecule has 7 heteroatoms. The third-order valence-electron chi connectivity index (χ3n) is 2.62. The molecule has 1 aromatic carbocycles. The molecule has 0 spiro atoms. The topological polar surface area (TPSA) is 43.4 Å². The van der Waals surface area contributed by atoms with Gasteiger partial charge in [0.15, 0.2) is 11.5 Å². The summed E-state index contributed by atoms with van der Waals surface area (Å²) in [5.74, 6) is 0.322.